The Hall–Kier alpha value is -1.51. The molecule has 0 heterocycles. The number of hydrogen-bond acceptors (Lipinski definition) is 4. The van der Waals surface area contributed by atoms with Crippen LogP contribution in [0, 0.1) is 5.82 Å². The zero-order valence-corrected chi connectivity index (χ0v) is 11.4. The fourth-order valence-corrected chi connectivity index (χ4v) is 3.08. The number of hydrogen-bond donors (Lipinski definition) is 3. The number of sulfonamides is 1. The van der Waals surface area contributed by atoms with Gasteiger partial charge in [0.25, 0.3) is 0 Å². The molecule has 0 aromatic heterocycles. The van der Waals surface area contributed by atoms with Gasteiger partial charge in [-0.1, -0.05) is 6.07 Å². The van der Waals surface area contributed by atoms with E-state index < -0.39 is 27.3 Å². The quantitative estimate of drug-likeness (QED) is 0.697. The molecule has 0 saturated carbocycles. The molecule has 0 bridgehead atoms. The summed E-state index contributed by atoms with van der Waals surface area (Å²) in [5.74, 6) is -1.57. The van der Waals surface area contributed by atoms with Crippen molar-refractivity contribution in [2.24, 2.45) is 11.5 Å². The van der Waals surface area contributed by atoms with E-state index in [0.29, 0.717) is 0 Å². The summed E-state index contributed by atoms with van der Waals surface area (Å²) in [4.78, 5) is 10.8. The number of amides is 1. The van der Waals surface area contributed by atoms with E-state index in [4.69, 9.17) is 11.5 Å². The lowest BCUT2D eigenvalue weighted by Gasteiger charge is -2.22. The summed E-state index contributed by atoms with van der Waals surface area (Å²) in [6, 6.07) is 3.57. The normalized spacial score (nSPS) is 12.4. The zero-order valence-electron chi connectivity index (χ0n) is 10.6. The second-order valence-electron chi connectivity index (χ2n) is 4.52. The van der Waals surface area contributed by atoms with Crippen molar-refractivity contribution in [1.82, 2.24) is 4.72 Å². The van der Waals surface area contributed by atoms with Gasteiger partial charge in [0.15, 0.2) is 0 Å². The predicted molar refractivity (Wildman–Crippen MR) is 67.9 cm³/mol. The second kappa shape index (κ2) is 5.24. The van der Waals surface area contributed by atoms with E-state index in [1.165, 1.54) is 26.0 Å². The van der Waals surface area contributed by atoms with Gasteiger partial charge in [-0.25, -0.2) is 12.8 Å². The molecule has 0 aliphatic heterocycles. The summed E-state index contributed by atoms with van der Waals surface area (Å²) < 4.78 is 39.9. The SMILES string of the molecule is CC(C)(NS(=O)(=O)c1cccc(F)c1CN)C(N)=O. The Bertz CT molecular complexity index is 599. The first-order valence-electron chi connectivity index (χ1n) is 5.43. The minimum Gasteiger partial charge on any atom is -0.368 e. The summed E-state index contributed by atoms with van der Waals surface area (Å²) in [6.07, 6.45) is 0. The number of nitrogens with two attached hydrogens (primary N) is 2. The minimum absolute atomic E-state index is 0.143. The molecule has 0 fully saturated rings. The van der Waals surface area contributed by atoms with E-state index in [1.807, 2.05) is 0 Å². The van der Waals surface area contributed by atoms with Gasteiger partial charge in [0.1, 0.15) is 11.4 Å². The van der Waals surface area contributed by atoms with E-state index >= 15 is 0 Å². The standard InChI is InChI=1S/C11H16FN3O3S/c1-11(2,10(14)16)15-19(17,18)9-5-3-4-8(12)7(9)6-13/h3-5,15H,6,13H2,1-2H3,(H2,14,16). The topological polar surface area (TPSA) is 115 Å². The molecule has 19 heavy (non-hydrogen) atoms. The van der Waals surface area contributed by atoms with Crippen LogP contribution < -0.4 is 16.2 Å². The van der Waals surface area contributed by atoms with Crippen molar-refractivity contribution in [3.8, 4) is 0 Å². The monoisotopic (exact) mass is 289 g/mol. The summed E-state index contributed by atoms with van der Waals surface area (Å²) in [5, 5.41) is 0. The number of carbonyl (C=O) groups is 1. The molecule has 1 aromatic rings. The molecule has 0 aliphatic rings. The fraction of sp³-hybridized carbons (Fsp3) is 0.364. The van der Waals surface area contributed by atoms with Crippen LogP contribution >= 0.6 is 0 Å². The third-order valence-electron chi connectivity index (χ3n) is 2.58. The molecular formula is C11H16FN3O3S. The van der Waals surface area contributed by atoms with Crippen LogP contribution in [0.25, 0.3) is 0 Å². The lowest BCUT2D eigenvalue weighted by molar-refractivity contribution is -0.122. The minimum atomic E-state index is -4.10. The van der Waals surface area contributed by atoms with Gasteiger partial charge >= 0.3 is 0 Å². The van der Waals surface area contributed by atoms with E-state index in [0.717, 1.165) is 6.07 Å². The highest BCUT2D eigenvalue weighted by Crippen LogP contribution is 2.20. The molecule has 0 atom stereocenters. The van der Waals surface area contributed by atoms with Gasteiger partial charge in [0, 0.05) is 12.1 Å². The van der Waals surface area contributed by atoms with Crippen molar-refractivity contribution in [3.63, 3.8) is 0 Å². The van der Waals surface area contributed by atoms with Crippen LogP contribution in [0.1, 0.15) is 19.4 Å². The summed E-state index contributed by atoms with van der Waals surface area (Å²) in [7, 11) is -4.10. The van der Waals surface area contributed by atoms with E-state index in [1.54, 1.807) is 0 Å². The summed E-state index contributed by atoms with van der Waals surface area (Å²) in [6.45, 7) is 2.35. The van der Waals surface area contributed by atoms with Gasteiger partial charge in [-0.3, -0.25) is 4.79 Å². The summed E-state index contributed by atoms with van der Waals surface area (Å²) >= 11 is 0. The fourth-order valence-electron chi connectivity index (χ4n) is 1.43. The molecule has 6 nitrogen and oxygen atoms in total. The lowest BCUT2D eigenvalue weighted by Crippen LogP contribution is -2.53. The Morgan fingerprint density at radius 2 is 2.00 bits per heavy atom. The number of rotatable bonds is 5. The van der Waals surface area contributed by atoms with E-state index in [9.17, 15) is 17.6 Å². The Morgan fingerprint density at radius 1 is 1.42 bits per heavy atom. The molecular weight excluding hydrogens is 273 g/mol. The van der Waals surface area contributed by atoms with Crippen LogP contribution in [0.2, 0.25) is 0 Å². The molecule has 0 saturated heterocycles. The largest absolute Gasteiger partial charge is 0.368 e. The zero-order chi connectivity index (χ0) is 14.8. The first kappa shape index (κ1) is 15.5. The van der Waals surface area contributed by atoms with Gasteiger partial charge in [-0.15, -0.1) is 0 Å². The highest BCUT2D eigenvalue weighted by Gasteiger charge is 2.32. The second-order valence-corrected chi connectivity index (χ2v) is 6.17. The van der Waals surface area contributed by atoms with E-state index in [2.05, 4.69) is 4.72 Å². The lowest BCUT2D eigenvalue weighted by atomic mass is 10.1. The van der Waals surface area contributed by atoms with Crippen molar-refractivity contribution in [2.75, 3.05) is 0 Å². The van der Waals surface area contributed by atoms with Crippen molar-refractivity contribution in [3.05, 3.63) is 29.6 Å². The highest BCUT2D eigenvalue weighted by molar-refractivity contribution is 7.89. The first-order chi connectivity index (χ1) is 8.62. The maximum atomic E-state index is 13.5. The Balaban J connectivity index is 3.30. The number of primary amides is 1. The average molecular weight is 289 g/mol. The molecule has 0 unspecified atom stereocenters. The predicted octanol–water partition coefficient (Wildman–Crippen LogP) is -0.173. The van der Waals surface area contributed by atoms with Crippen LogP contribution in [0.4, 0.5) is 4.39 Å². The van der Waals surface area contributed by atoms with Gasteiger partial charge in [0.05, 0.1) is 4.90 Å². The van der Waals surface area contributed by atoms with Crippen molar-refractivity contribution < 1.29 is 17.6 Å². The van der Waals surface area contributed by atoms with Gasteiger partial charge in [-0.2, -0.15) is 4.72 Å². The van der Waals surface area contributed by atoms with Crippen molar-refractivity contribution in [2.45, 2.75) is 30.8 Å². The van der Waals surface area contributed by atoms with Crippen LogP contribution in [-0.2, 0) is 21.4 Å². The maximum Gasteiger partial charge on any atom is 0.241 e. The molecule has 8 heteroatoms. The number of carbonyl (C=O) groups excluding carboxylic acids is 1. The van der Waals surface area contributed by atoms with Crippen LogP contribution in [0.5, 0.6) is 0 Å². The number of halogens is 1. The third kappa shape index (κ3) is 3.28. The Morgan fingerprint density at radius 3 is 2.47 bits per heavy atom. The van der Waals surface area contributed by atoms with Gasteiger partial charge in [-0.05, 0) is 26.0 Å². The molecule has 0 radical (unpaired) electrons. The van der Waals surface area contributed by atoms with Crippen LogP contribution in [-0.4, -0.2) is 19.9 Å². The molecule has 1 amide bonds. The average Bonchev–Trinajstić information content (AvgIpc) is 2.27. The van der Waals surface area contributed by atoms with Gasteiger partial charge in [0.2, 0.25) is 15.9 Å². The third-order valence-corrected chi connectivity index (χ3v) is 4.32. The van der Waals surface area contributed by atoms with Gasteiger partial charge < -0.3 is 11.5 Å². The maximum absolute atomic E-state index is 13.5. The molecule has 1 aromatic carbocycles. The molecule has 106 valence electrons. The molecule has 1 rings (SSSR count). The smallest absolute Gasteiger partial charge is 0.241 e. The van der Waals surface area contributed by atoms with Crippen molar-refractivity contribution in [1.29, 1.82) is 0 Å². The van der Waals surface area contributed by atoms with Crippen LogP contribution in [0.3, 0.4) is 0 Å². The number of benzene rings is 1. The molecule has 5 N–H and O–H groups in total. The van der Waals surface area contributed by atoms with E-state index in [-0.39, 0.29) is 17.0 Å². The Labute approximate surface area is 111 Å². The first-order valence-corrected chi connectivity index (χ1v) is 6.91. The van der Waals surface area contributed by atoms with Crippen molar-refractivity contribution >= 4 is 15.9 Å². The Kier molecular flexibility index (Phi) is 4.28. The van der Waals surface area contributed by atoms with Crippen LogP contribution in [0.15, 0.2) is 23.1 Å². The number of nitrogens with one attached hydrogen (secondary N) is 1. The molecule has 0 spiro atoms. The highest BCUT2D eigenvalue weighted by atomic mass is 32.2. The molecule has 0 aliphatic carbocycles. The summed E-state index contributed by atoms with van der Waals surface area (Å²) in [5.41, 5.74) is 8.81.